The molecule has 6 nitrogen and oxygen atoms in total. The number of amides is 1. The van der Waals surface area contributed by atoms with Crippen molar-refractivity contribution in [3.8, 4) is 5.69 Å². The number of aromatic nitrogens is 4. The number of carbonyl (C=O) groups is 1. The summed E-state index contributed by atoms with van der Waals surface area (Å²) in [7, 11) is 0. The molecule has 0 saturated heterocycles. The van der Waals surface area contributed by atoms with Crippen molar-refractivity contribution in [1.29, 1.82) is 0 Å². The first-order valence-corrected chi connectivity index (χ1v) is 8.74. The molecule has 0 unspecified atom stereocenters. The topological polar surface area (TPSA) is 72.7 Å². The van der Waals surface area contributed by atoms with E-state index in [9.17, 15) is 13.6 Å². The van der Waals surface area contributed by atoms with Crippen LogP contribution in [0.2, 0.25) is 0 Å². The number of thioether (sulfide) groups is 1. The molecule has 0 aliphatic heterocycles. The Morgan fingerprint density at radius 1 is 1.23 bits per heavy atom. The van der Waals surface area contributed by atoms with E-state index in [2.05, 4.69) is 20.8 Å². The number of para-hydroxylation sites is 1. The van der Waals surface area contributed by atoms with Gasteiger partial charge in [0.05, 0.1) is 17.5 Å². The summed E-state index contributed by atoms with van der Waals surface area (Å²) in [6.07, 6.45) is 0. The first-order chi connectivity index (χ1) is 12.5. The van der Waals surface area contributed by atoms with Crippen LogP contribution >= 0.6 is 11.8 Å². The number of tetrazole rings is 1. The summed E-state index contributed by atoms with van der Waals surface area (Å²) in [5, 5.41) is 14.6. The van der Waals surface area contributed by atoms with E-state index in [-0.39, 0.29) is 17.2 Å². The molecule has 0 aliphatic carbocycles. The van der Waals surface area contributed by atoms with E-state index in [0.717, 1.165) is 29.6 Å². The van der Waals surface area contributed by atoms with Gasteiger partial charge in [-0.2, -0.15) is 4.68 Å². The van der Waals surface area contributed by atoms with Gasteiger partial charge in [0.25, 0.3) is 0 Å². The van der Waals surface area contributed by atoms with E-state index < -0.39 is 17.7 Å². The predicted molar refractivity (Wildman–Crippen MR) is 92.8 cm³/mol. The molecule has 1 heterocycles. The average molecular weight is 375 g/mol. The van der Waals surface area contributed by atoms with Crippen LogP contribution in [0.15, 0.2) is 53.7 Å². The highest BCUT2D eigenvalue weighted by atomic mass is 32.2. The quantitative estimate of drug-likeness (QED) is 0.671. The molecular weight excluding hydrogens is 360 g/mol. The smallest absolute Gasteiger partial charge is 0.230 e. The fourth-order valence-corrected chi connectivity index (χ4v) is 3.05. The minimum Gasteiger partial charge on any atom is -0.349 e. The van der Waals surface area contributed by atoms with Crippen LogP contribution in [-0.4, -0.2) is 31.9 Å². The second-order valence-corrected chi connectivity index (χ2v) is 6.40. The van der Waals surface area contributed by atoms with Gasteiger partial charge in [0.15, 0.2) is 0 Å². The van der Waals surface area contributed by atoms with E-state index in [0.29, 0.717) is 5.16 Å². The van der Waals surface area contributed by atoms with Crippen molar-refractivity contribution >= 4 is 17.7 Å². The Kier molecular flexibility index (Phi) is 5.57. The minimum absolute atomic E-state index is 0.0559. The van der Waals surface area contributed by atoms with E-state index in [1.54, 1.807) is 6.92 Å². The average Bonchev–Trinajstić information content (AvgIpc) is 3.09. The number of rotatable bonds is 6. The Balaban J connectivity index is 1.61. The van der Waals surface area contributed by atoms with Crippen LogP contribution in [0, 0.1) is 11.6 Å². The molecule has 1 amide bonds. The molecule has 0 saturated carbocycles. The third-order valence-electron chi connectivity index (χ3n) is 3.58. The van der Waals surface area contributed by atoms with Gasteiger partial charge in [-0.3, -0.25) is 4.79 Å². The summed E-state index contributed by atoms with van der Waals surface area (Å²) in [5.41, 5.74) is 1.00. The zero-order valence-corrected chi connectivity index (χ0v) is 14.6. The second-order valence-electron chi connectivity index (χ2n) is 5.45. The van der Waals surface area contributed by atoms with Gasteiger partial charge in [-0.15, -0.1) is 5.10 Å². The molecule has 3 rings (SSSR count). The highest BCUT2D eigenvalue weighted by Crippen LogP contribution is 2.20. The molecule has 134 valence electrons. The van der Waals surface area contributed by atoms with E-state index in [1.807, 2.05) is 30.3 Å². The van der Waals surface area contributed by atoms with Gasteiger partial charge in [-0.1, -0.05) is 36.0 Å². The van der Waals surface area contributed by atoms with E-state index in [4.69, 9.17) is 0 Å². The maximum Gasteiger partial charge on any atom is 0.230 e. The molecule has 0 aliphatic rings. The Morgan fingerprint density at radius 3 is 2.73 bits per heavy atom. The fourth-order valence-electron chi connectivity index (χ4n) is 2.34. The predicted octanol–water partition coefficient (Wildman–Crippen LogP) is 2.91. The van der Waals surface area contributed by atoms with Crippen LogP contribution in [0.4, 0.5) is 8.78 Å². The van der Waals surface area contributed by atoms with Crippen molar-refractivity contribution < 1.29 is 13.6 Å². The highest BCUT2D eigenvalue weighted by Gasteiger charge is 2.16. The van der Waals surface area contributed by atoms with Gasteiger partial charge in [0.2, 0.25) is 11.1 Å². The lowest BCUT2D eigenvalue weighted by Crippen LogP contribution is -2.28. The Labute approximate surface area is 152 Å². The van der Waals surface area contributed by atoms with E-state index >= 15 is 0 Å². The SMILES string of the molecule is C[C@H](NC(=O)CSc1nnnn1-c1ccccc1)c1ccc(F)cc1F. The third kappa shape index (κ3) is 4.23. The maximum absolute atomic E-state index is 13.8. The van der Waals surface area contributed by atoms with Crippen molar-refractivity contribution in [1.82, 2.24) is 25.5 Å². The van der Waals surface area contributed by atoms with Crippen molar-refractivity contribution in [2.75, 3.05) is 5.75 Å². The molecule has 3 aromatic rings. The summed E-state index contributed by atoms with van der Waals surface area (Å²) in [4.78, 5) is 12.1. The summed E-state index contributed by atoms with van der Waals surface area (Å²) < 4.78 is 28.3. The summed E-state index contributed by atoms with van der Waals surface area (Å²) in [5.74, 6) is -1.61. The van der Waals surface area contributed by atoms with Crippen LogP contribution in [-0.2, 0) is 4.79 Å². The van der Waals surface area contributed by atoms with Gasteiger partial charge in [-0.05, 0) is 35.5 Å². The molecule has 1 N–H and O–H groups in total. The summed E-state index contributed by atoms with van der Waals surface area (Å²) >= 11 is 1.16. The molecule has 1 atom stereocenters. The van der Waals surface area contributed by atoms with Crippen molar-refractivity contribution in [3.63, 3.8) is 0 Å². The Morgan fingerprint density at radius 2 is 2.00 bits per heavy atom. The standard InChI is InChI=1S/C17H15F2N5OS/c1-11(14-8-7-12(18)9-15(14)19)20-16(25)10-26-17-21-22-23-24(17)13-5-3-2-4-6-13/h2-9,11H,10H2,1H3,(H,20,25)/t11-/m0/s1. The number of hydrogen-bond acceptors (Lipinski definition) is 5. The first kappa shape index (κ1) is 18.0. The highest BCUT2D eigenvalue weighted by molar-refractivity contribution is 7.99. The lowest BCUT2D eigenvalue weighted by atomic mass is 10.1. The monoisotopic (exact) mass is 375 g/mol. The minimum atomic E-state index is -0.696. The fraction of sp³-hybridized carbons (Fsp3) is 0.176. The number of benzene rings is 2. The van der Waals surface area contributed by atoms with Gasteiger partial charge in [0.1, 0.15) is 11.6 Å². The Bertz CT molecular complexity index is 903. The van der Waals surface area contributed by atoms with E-state index in [1.165, 1.54) is 10.7 Å². The first-order valence-electron chi connectivity index (χ1n) is 7.75. The van der Waals surface area contributed by atoms with Gasteiger partial charge in [-0.25, -0.2) is 8.78 Å². The molecular formula is C17H15F2N5OS. The zero-order valence-electron chi connectivity index (χ0n) is 13.8. The molecule has 26 heavy (non-hydrogen) atoms. The zero-order chi connectivity index (χ0) is 18.5. The molecule has 1 aromatic heterocycles. The van der Waals surface area contributed by atoms with Crippen LogP contribution in [0.25, 0.3) is 5.69 Å². The van der Waals surface area contributed by atoms with Crippen LogP contribution < -0.4 is 5.32 Å². The number of carbonyl (C=O) groups excluding carboxylic acids is 1. The lowest BCUT2D eigenvalue weighted by molar-refractivity contribution is -0.119. The lowest BCUT2D eigenvalue weighted by Gasteiger charge is -2.15. The number of halogens is 2. The second kappa shape index (κ2) is 8.05. The maximum atomic E-state index is 13.8. The number of hydrogen-bond donors (Lipinski definition) is 1. The van der Waals surface area contributed by atoms with Gasteiger partial charge in [0, 0.05) is 11.6 Å². The molecule has 0 fully saturated rings. The van der Waals surface area contributed by atoms with Crippen molar-refractivity contribution in [3.05, 3.63) is 65.7 Å². The van der Waals surface area contributed by atoms with Gasteiger partial charge < -0.3 is 5.32 Å². The largest absolute Gasteiger partial charge is 0.349 e. The molecule has 2 aromatic carbocycles. The van der Waals surface area contributed by atoms with Gasteiger partial charge >= 0.3 is 0 Å². The summed E-state index contributed by atoms with van der Waals surface area (Å²) in [6.45, 7) is 1.63. The molecule has 9 heteroatoms. The number of nitrogens with zero attached hydrogens (tertiary/aromatic N) is 4. The normalized spacial score (nSPS) is 12.0. The van der Waals surface area contributed by atoms with Crippen LogP contribution in [0.1, 0.15) is 18.5 Å². The van der Waals surface area contributed by atoms with Crippen LogP contribution in [0.5, 0.6) is 0 Å². The molecule has 0 bridgehead atoms. The Hall–Kier alpha value is -2.81. The third-order valence-corrected chi connectivity index (χ3v) is 4.50. The summed E-state index contributed by atoms with van der Waals surface area (Å²) in [6, 6.07) is 12.0. The molecule has 0 spiro atoms. The number of nitrogens with one attached hydrogen (secondary N) is 1. The van der Waals surface area contributed by atoms with Crippen molar-refractivity contribution in [2.45, 2.75) is 18.1 Å². The van der Waals surface area contributed by atoms with Crippen molar-refractivity contribution in [2.24, 2.45) is 0 Å². The van der Waals surface area contributed by atoms with Crippen LogP contribution in [0.3, 0.4) is 0 Å². The molecule has 0 radical (unpaired) electrons.